The normalized spacial score (nSPS) is 16.8. The van der Waals surface area contributed by atoms with Crippen molar-refractivity contribution in [3.63, 3.8) is 0 Å². The maximum absolute atomic E-state index is 14.7. The summed E-state index contributed by atoms with van der Waals surface area (Å²) in [4.78, 5) is 42.2. The Kier molecular flexibility index (Phi) is 8.21. The molecule has 3 amide bonds. The maximum Gasteiger partial charge on any atom is 0.409 e. The number of carbonyl (C=O) groups is 3. The van der Waals surface area contributed by atoms with Gasteiger partial charge in [-0.05, 0) is 67.8 Å². The number of aromatic nitrogens is 3. The van der Waals surface area contributed by atoms with Crippen molar-refractivity contribution in [3.8, 4) is 16.9 Å². The number of anilines is 2. The van der Waals surface area contributed by atoms with E-state index in [9.17, 15) is 18.8 Å². The maximum atomic E-state index is 14.7. The van der Waals surface area contributed by atoms with Crippen LogP contribution >= 0.6 is 11.6 Å². The van der Waals surface area contributed by atoms with E-state index in [2.05, 4.69) is 26.0 Å². The van der Waals surface area contributed by atoms with Crippen LogP contribution in [0.3, 0.4) is 0 Å². The number of amides is 3. The molecule has 0 saturated heterocycles. The number of benzene rings is 2. The van der Waals surface area contributed by atoms with Gasteiger partial charge in [0.25, 0.3) is 5.91 Å². The molecule has 12 heteroatoms. The monoisotopic (exact) mass is 590 g/mol. The van der Waals surface area contributed by atoms with Crippen molar-refractivity contribution in [1.82, 2.24) is 20.1 Å². The smallest absolute Gasteiger partial charge is 0.409 e. The first kappa shape index (κ1) is 28.7. The van der Waals surface area contributed by atoms with Crippen molar-refractivity contribution in [2.24, 2.45) is 5.92 Å². The molecular weight excluding hydrogens is 563 g/mol. The molecule has 2 bridgehead atoms. The molecule has 3 heterocycles. The predicted octanol–water partition coefficient (Wildman–Crippen LogP) is 6.35. The van der Waals surface area contributed by atoms with E-state index in [0.29, 0.717) is 47.6 Å². The highest BCUT2D eigenvalue weighted by Gasteiger charge is 2.24. The summed E-state index contributed by atoms with van der Waals surface area (Å²) in [6.45, 7) is 3.50. The highest BCUT2D eigenvalue weighted by Crippen LogP contribution is 2.33. The Labute approximate surface area is 245 Å². The van der Waals surface area contributed by atoms with Gasteiger partial charge in [0.15, 0.2) is 5.82 Å². The van der Waals surface area contributed by atoms with E-state index in [1.165, 1.54) is 23.0 Å². The molecule has 10 nitrogen and oxygen atoms in total. The van der Waals surface area contributed by atoms with E-state index >= 15 is 0 Å². The van der Waals surface area contributed by atoms with Crippen molar-refractivity contribution >= 4 is 40.9 Å². The lowest BCUT2D eigenvalue weighted by molar-refractivity contribution is -0.119. The summed E-state index contributed by atoms with van der Waals surface area (Å²) in [6, 6.07) is 12.6. The Morgan fingerprint density at radius 3 is 2.76 bits per heavy atom. The molecule has 4 aromatic rings. The Morgan fingerprint density at radius 1 is 1.17 bits per heavy atom. The number of fused-ring (bicyclic) bond motifs is 4. The first-order valence-electron chi connectivity index (χ1n) is 13.3. The van der Waals surface area contributed by atoms with Gasteiger partial charge in [0.05, 0.1) is 39.9 Å². The van der Waals surface area contributed by atoms with Crippen molar-refractivity contribution in [3.05, 3.63) is 88.6 Å². The van der Waals surface area contributed by atoms with Gasteiger partial charge in [-0.3, -0.25) is 19.9 Å². The fraction of sp³-hybridized carbons (Fsp3) is 0.233. The van der Waals surface area contributed by atoms with Crippen LogP contribution in [0.2, 0.25) is 5.02 Å². The molecule has 4 N–H and O–H groups in total. The molecule has 0 radical (unpaired) electrons. The number of hydrogen-bond donors (Lipinski definition) is 4. The molecule has 216 valence electrons. The number of nitrogens with one attached hydrogen (secondary N) is 3. The van der Waals surface area contributed by atoms with Crippen LogP contribution in [0.25, 0.3) is 16.9 Å². The zero-order chi connectivity index (χ0) is 30.0. The largest absolute Gasteiger partial charge is 0.465 e. The number of pyridine rings is 1. The van der Waals surface area contributed by atoms with E-state index in [4.69, 9.17) is 16.7 Å². The number of hydrogen-bond acceptors (Lipinski definition) is 5. The Hall–Kier alpha value is -4.77. The summed E-state index contributed by atoms with van der Waals surface area (Å²) in [5, 5.41) is 21.6. The fourth-order valence-corrected chi connectivity index (χ4v) is 5.16. The summed E-state index contributed by atoms with van der Waals surface area (Å²) < 4.78 is 16.0. The number of halogens is 2. The Bertz CT molecular complexity index is 1690. The van der Waals surface area contributed by atoms with E-state index in [-0.39, 0.29) is 34.0 Å². The number of rotatable bonds is 4. The van der Waals surface area contributed by atoms with Gasteiger partial charge in [-0.15, -0.1) is 0 Å². The van der Waals surface area contributed by atoms with Crippen LogP contribution in [-0.4, -0.2) is 37.8 Å². The van der Waals surface area contributed by atoms with Crippen molar-refractivity contribution < 1.29 is 23.9 Å². The first-order valence-corrected chi connectivity index (χ1v) is 13.7. The van der Waals surface area contributed by atoms with Crippen LogP contribution in [0.5, 0.6) is 0 Å². The fourth-order valence-electron chi connectivity index (χ4n) is 4.99. The molecule has 0 spiro atoms. The molecule has 5 rings (SSSR count). The van der Waals surface area contributed by atoms with Gasteiger partial charge in [-0.25, -0.2) is 13.9 Å². The lowest BCUT2D eigenvalue weighted by Gasteiger charge is -2.23. The van der Waals surface area contributed by atoms with Crippen LogP contribution < -0.4 is 16.0 Å². The van der Waals surface area contributed by atoms with Crippen LogP contribution in [0.1, 0.15) is 53.8 Å². The summed E-state index contributed by atoms with van der Waals surface area (Å²) in [5.74, 6) is -1.57. The SMILES string of the molecule is Cc1c(C(=O)N[C@H]2CCC[C@@H](C)C(=O)Nc3cc(NC(=O)O)ccc3-c3cc2ccn3)cnn1-c1cccc(Cl)c1F. The van der Waals surface area contributed by atoms with Crippen LogP contribution in [0.4, 0.5) is 20.6 Å². The van der Waals surface area contributed by atoms with Gasteiger partial charge in [0, 0.05) is 23.4 Å². The second-order valence-corrected chi connectivity index (χ2v) is 10.5. The Morgan fingerprint density at radius 2 is 1.98 bits per heavy atom. The zero-order valence-electron chi connectivity index (χ0n) is 22.8. The predicted molar refractivity (Wildman–Crippen MR) is 156 cm³/mol. The molecular formula is C30H28ClFN6O4. The summed E-state index contributed by atoms with van der Waals surface area (Å²) in [7, 11) is 0. The molecule has 2 aromatic carbocycles. The third-order valence-corrected chi connectivity index (χ3v) is 7.58. The third-order valence-electron chi connectivity index (χ3n) is 7.29. The van der Waals surface area contributed by atoms with E-state index in [1.807, 2.05) is 19.1 Å². The number of carboxylic acid groups (broad SMARTS) is 1. The average Bonchev–Trinajstić information content (AvgIpc) is 3.34. The minimum atomic E-state index is -1.22. The highest BCUT2D eigenvalue weighted by atomic mass is 35.5. The van der Waals surface area contributed by atoms with Crippen molar-refractivity contribution in [2.45, 2.75) is 39.2 Å². The van der Waals surface area contributed by atoms with Crippen LogP contribution in [0.15, 0.2) is 60.9 Å². The summed E-state index contributed by atoms with van der Waals surface area (Å²) in [6.07, 6.45) is 3.54. The van der Waals surface area contributed by atoms with Gasteiger partial charge in [-0.1, -0.05) is 31.0 Å². The van der Waals surface area contributed by atoms with Gasteiger partial charge in [-0.2, -0.15) is 5.10 Å². The minimum absolute atomic E-state index is 0.0472. The molecule has 2 aromatic heterocycles. The third kappa shape index (κ3) is 5.96. The second kappa shape index (κ2) is 12.0. The molecule has 1 aliphatic rings. The number of carbonyl (C=O) groups excluding carboxylic acids is 2. The molecule has 1 aliphatic heterocycles. The molecule has 2 atom stereocenters. The highest BCUT2D eigenvalue weighted by molar-refractivity contribution is 6.30. The molecule has 0 aliphatic carbocycles. The molecule has 42 heavy (non-hydrogen) atoms. The van der Waals surface area contributed by atoms with E-state index in [1.54, 1.807) is 37.4 Å². The van der Waals surface area contributed by atoms with Crippen LogP contribution in [-0.2, 0) is 4.79 Å². The van der Waals surface area contributed by atoms with Gasteiger partial charge in [0.2, 0.25) is 5.91 Å². The molecule has 0 saturated carbocycles. The van der Waals surface area contributed by atoms with Gasteiger partial charge in [0.1, 0.15) is 5.69 Å². The number of nitrogens with zero attached hydrogens (tertiary/aromatic N) is 3. The van der Waals surface area contributed by atoms with E-state index in [0.717, 1.165) is 5.56 Å². The van der Waals surface area contributed by atoms with Gasteiger partial charge < -0.3 is 15.7 Å². The minimum Gasteiger partial charge on any atom is -0.465 e. The quantitative estimate of drug-likeness (QED) is 0.218. The van der Waals surface area contributed by atoms with Crippen molar-refractivity contribution in [2.75, 3.05) is 10.6 Å². The van der Waals surface area contributed by atoms with E-state index < -0.39 is 18.0 Å². The Balaban J connectivity index is 1.49. The summed E-state index contributed by atoms with van der Waals surface area (Å²) in [5.41, 5.74) is 3.52. The van der Waals surface area contributed by atoms with Crippen LogP contribution in [0, 0.1) is 18.7 Å². The van der Waals surface area contributed by atoms with Crippen molar-refractivity contribution in [1.29, 1.82) is 0 Å². The zero-order valence-corrected chi connectivity index (χ0v) is 23.6. The lowest BCUT2D eigenvalue weighted by Crippen LogP contribution is -2.29. The van der Waals surface area contributed by atoms with Gasteiger partial charge >= 0.3 is 6.09 Å². The standard InChI is InChI=1S/C30H28ClFN6O4/c1-16-5-3-7-23(36-29(40)21-15-34-38(17(21)2)26-8-4-6-22(31)27(26)32)18-11-12-33-24(13-18)20-10-9-19(35-30(41)42)14-25(20)37-28(16)39/h4,6,8-16,23,35H,3,5,7H2,1-2H3,(H,36,40)(H,37,39)(H,41,42)/t16-,23+/m1/s1. The lowest BCUT2D eigenvalue weighted by atomic mass is 9.94. The topological polar surface area (TPSA) is 138 Å². The average molecular weight is 591 g/mol. The first-order chi connectivity index (χ1) is 20.1. The molecule has 0 unspecified atom stereocenters. The molecule has 0 fully saturated rings. The second-order valence-electron chi connectivity index (χ2n) is 10.1. The summed E-state index contributed by atoms with van der Waals surface area (Å²) >= 11 is 5.95.